The van der Waals surface area contributed by atoms with Crippen LogP contribution in [0.15, 0.2) is 81.2 Å². The van der Waals surface area contributed by atoms with E-state index in [1.54, 1.807) is 43.4 Å². The first kappa shape index (κ1) is 26.5. The van der Waals surface area contributed by atoms with Crippen molar-refractivity contribution < 1.29 is 19.2 Å². The molecule has 198 valence electrons. The molecule has 3 aromatic carbocycles. The summed E-state index contributed by atoms with van der Waals surface area (Å²) < 4.78 is 11.6. The van der Waals surface area contributed by atoms with Crippen molar-refractivity contribution in [3.8, 4) is 11.5 Å². The van der Waals surface area contributed by atoms with Crippen molar-refractivity contribution >= 4 is 67.1 Å². The second-order valence-electron chi connectivity index (χ2n) is 8.57. The van der Waals surface area contributed by atoms with Gasteiger partial charge in [0, 0.05) is 47.4 Å². The number of methoxy groups -OCH3 is 2. The number of ether oxygens (including phenoxy) is 2. The number of hydrogen-bond acceptors (Lipinski definition) is 7. The molecular formula is C28H23BrN4O5S. The van der Waals surface area contributed by atoms with Gasteiger partial charge in [-0.1, -0.05) is 18.2 Å². The van der Waals surface area contributed by atoms with Crippen LogP contribution in [0.4, 0.5) is 11.4 Å². The third kappa shape index (κ3) is 5.55. The van der Waals surface area contributed by atoms with E-state index < -0.39 is 4.92 Å². The first-order chi connectivity index (χ1) is 18.9. The predicted octanol–water partition coefficient (Wildman–Crippen LogP) is 6.70. The lowest BCUT2D eigenvalue weighted by molar-refractivity contribution is -0.384. The monoisotopic (exact) mass is 606 g/mol. The number of carbonyl (C=O) groups is 1. The molecule has 11 heteroatoms. The minimum Gasteiger partial charge on any atom is -0.496 e. The number of non-ortho nitro benzene ring substituents is 1. The number of para-hydroxylation sites is 1. The molecule has 1 aliphatic rings. The summed E-state index contributed by atoms with van der Waals surface area (Å²) in [5, 5.41) is 12.7. The van der Waals surface area contributed by atoms with E-state index in [1.807, 2.05) is 36.5 Å². The van der Waals surface area contributed by atoms with Crippen molar-refractivity contribution in [3.05, 3.63) is 97.5 Å². The number of carbonyl (C=O) groups excluding carboxylic acids is 1. The number of nitrogens with zero attached hydrogens (tertiary/aromatic N) is 3. The number of aromatic amines is 1. The third-order valence-electron chi connectivity index (χ3n) is 6.24. The number of hydrogen-bond donors (Lipinski definition) is 1. The van der Waals surface area contributed by atoms with Crippen LogP contribution in [0.5, 0.6) is 11.5 Å². The number of nitrogens with one attached hydrogen (secondary N) is 1. The van der Waals surface area contributed by atoms with Crippen LogP contribution in [0.1, 0.15) is 11.1 Å². The van der Waals surface area contributed by atoms with Gasteiger partial charge in [-0.25, -0.2) is 4.99 Å². The number of nitro benzene ring substituents is 1. The molecule has 0 bridgehead atoms. The largest absolute Gasteiger partial charge is 0.496 e. The molecule has 1 aromatic heterocycles. The zero-order chi connectivity index (χ0) is 27.5. The summed E-state index contributed by atoms with van der Waals surface area (Å²) in [7, 11) is 3.13. The number of aliphatic imine (C=N–C) groups is 1. The van der Waals surface area contributed by atoms with Crippen LogP contribution in [0.3, 0.4) is 0 Å². The van der Waals surface area contributed by atoms with E-state index >= 15 is 0 Å². The second-order valence-corrected chi connectivity index (χ2v) is 10.4. The van der Waals surface area contributed by atoms with Crippen LogP contribution in [0, 0.1) is 10.1 Å². The molecule has 4 aromatic rings. The van der Waals surface area contributed by atoms with Crippen LogP contribution >= 0.6 is 27.7 Å². The average molecular weight is 607 g/mol. The molecular weight excluding hydrogens is 584 g/mol. The number of rotatable bonds is 8. The Hall–Kier alpha value is -4.09. The summed E-state index contributed by atoms with van der Waals surface area (Å²) in [4.78, 5) is 34.3. The Morgan fingerprint density at radius 3 is 2.56 bits per heavy atom. The summed E-state index contributed by atoms with van der Waals surface area (Å²) >= 11 is 4.75. The van der Waals surface area contributed by atoms with Gasteiger partial charge in [-0.2, -0.15) is 0 Å². The van der Waals surface area contributed by atoms with Gasteiger partial charge in [-0.15, -0.1) is 0 Å². The number of aromatic nitrogens is 1. The van der Waals surface area contributed by atoms with E-state index in [0.29, 0.717) is 45.8 Å². The van der Waals surface area contributed by atoms with Gasteiger partial charge in [-0.3, -0.25) is 19.8 Å². The number of fused-ring (bicyclic) bond motifs is 1. The fraction of sp³-hybridized carbons (Fsp3) is 0.143. The van der Waals surface area contributed by atoms with Crippen molar-refractivity contribution in [2.24, 2.45) is 4.99 Å². The van der Waals surface area contributed by atoms with Crippen LogP contribution in [0.25, 0.3) is 17.0 Å². The molecule has 39 heavy (non-hydrogen) atoms. The Morgan fingerprint density at radius 1 is 1.10 bits per heavy atom. The normalized spacial score (nSPS) is 15.5. The lowest BCUT2D eigenvalue weighted by Gasteiger charge is -2.15. The fourth-order valence-electron chi connectivity index (χ4n) is 4.26. The van der Waals surface area contributed by atoms with Gasteiger partial charge in [0.05, 0.1) is 34.2 Å². The Bertz CT molecular complexity index is 1630. The minimum atomic E-state index is -0.459. The van der Waals surface area contributed by atoms with Crippen LogP contribution in [0.2, 0.25) is 0 Å². The van der Waals surface area contributed by atoms with E-state index in [4.69, 9.17) is 9.47 Å². The van der Waals surface area contributed by atoms with Crippen molar-refractivity contribution in [1.82, 2.24) is 9.88 Å². The Kier molecular flexibility index (Phi) is 7.71. The number of H-pyrrole nitrogens is 1. The summed E-state index contributed by atoms with van der Waals surface area (Å²) in [6.45, 7) is 0.403. The Labute approximate surface area is 236 Å². The maximum absolute atomic E-state index is 13.7. The zero-order valence-electron chi connectivity index (χ0n) is 21.0. The molecule has 0 unspecified atom stereocenters. The molecule has 1 saturated heterocycles. The Balaban J connectivity index is 1.50. The molecule has 1 N–H and O–H groups in total. The quantitative estimate of drug-likeness (QED) is 0.136. The number of amidine groups is 1. The molecule has 1 amide bonds. The molecule has 5 rings (SSSR count). The van der Waals surface area contributed by atoms with E-state index in [0.717, 1.165) is 20.9 Å². The summed E-state index contributed by atoms with van der Waals surface area (Å²) in [5.74, 6) is 0.983. The highest BCUT2D eigenvalue weighted by molar-refractivity contribution is 9.10. The molecule has 0 aliphatic carbocycles. The van der Waals surface area contributed by atoms with Crippen LogP contribution < -0.4 is 9.47 Å². The van der Waals surface area contributed by atoms with Gasteiger partial charge < -0.3 is 14.5 Å². The second kappa shape index (κ2) is 11.3. The van der Waals surface area contributed by atoms with E-state index in [9.17, 15) is 14.9 Å². The van der Waals surface area contributed by atoms with Crippen molar-refractivity contribution in [3.63, 3.8) is 0 Å². The van der Waals surface area contributed by atoms with Crippen molar-refractivity contribution in [2.45, 2.75) is 6.42 Å². The van der Waals surface area contributed by atoms with E-state index in [1.165, 1.54) is 23.9 Å². The van der Waals surface area contributed by atoms with Gasteiger partial charge in [0.1, 0.15) is 11.5 Å². The molecule has 0 spiro atoms. The van der Waals surface area contributed by atoms with Gasteiger partial charge in [-0.05, 0) is 70.0 Å². The lowest BCUT2D eigenvalue weighted by atomic mass is 10.1. The first-order valence-electron chi connectivity index (χ1n) is 11.9. The molecule has 1 aliphatic heterocycles. The van der Waals surface area contributed by atoms with Gasteiger partial charge >= 0.3 is 0 Å². The minimum absolute atomic E-state index is 0.0249. The van der Waals surface area contributed by atoms with Crippen LogP contribution in [-0.4, -0.2) is 46.6 Å². The van der Waals surface area contributed by atoms with E-state index in [2.05, 4.69) is 25.9 Å². The molecule has 2 heterocycles. The smallest absolute Gasteiger partial charge is 0.269 e. The standard InChI is InChI=1S/C28H23BrN4O5S/c1-37-24-15-25(38-2)22(29)13-18(24)14-26-27(34)32(12-11-17-16-30-23-6-4-3-5-21(17)23)28(39-26)31-19-7-9-20(10-8-19)33(35)36/h3-10,13-16,30H,11-12H2,1-2H3/b26-14-,31-28?. The van der Waals surface area contributed by atoms with Gasteiger partial charge in [0.25, 0.3) is 11.6 Å². The highest BCUT2D eigenvalue weighted by atomic mass is 79.9. The first-order valence-corrected chi connectivity index (χ1v) is 13.5. The van der Waals surface area contributed by atoms with Gasteiger partial charge in [0.15, 0.2) is 5.17 Å². The van der Waals surface area contributed by atoms with Gasteiger partial charge in [0.2, 0.25) is 0 Å². The average Bonchev–Trinajstić information content (AvgIpc) is 3.48. The molecule has 0 saturated carbocycles. The summed E-state index contributed by atoms with van der Waals surface area (Å²) in [6, 6.07) is 17.5. The topological polar surface area (TPSA) is 110 Å². The fourth-order valence-corrected chi connectivity index (χ4v) is 5.79. The highest BCUT2D eigenvalue weighted by Crippen LogP contribution is 2.39. The summed E-state index contributed by atoms with van der Waals surface area (Å²) in [5.41, 5.74) is 3.32. The van der Waals surface area contributed by atoms with Crippen molar-refractivity contribution in [2.75, 3.05) is 20.8 Å². The third-order valence-corrected chi connectivity index (χ3v) is 7.87. The molecule has 0 atom stereocenters. The lowest BCUT2D eigenvalue weighted by Crippen LogP contribution is -2.31. The highest BCUT2D eigenvalue weighted by Gasteiger charge is 2.33. The SMILES string of the molecule is COc1cc(OC)c(/C=C2\SC(=Nc3ccc([N+](=O)[O-])cc3)N(CCc3c[nH]c4ccccc34)C2=O)cc1Br. The number of nitro groups is 1. The maximum Gasteiger partial charge on any atom is 0.269 e. The number of thioether (sulfide) groups is 1. The maximum atomic E-state index is 13.7. The zero-order valence-corrected chi connectivity index (χ0v) is 23.4. The Morgan fingerprint density at radius 2 is 1.85 bits per heavy atom. The number of benzene rings is 3. The summed E-state index contributed by atoms with van der Waals surface area (Å²) in [6.07, 6.45) is 4.34. The molecule has 1 fully saturated rings. The van der Waals surface area contributed by atoms with Crippen molar-refractivity contribution in [1.29, 1.82) is 0 Å². The predicted molar refractivity (Wildman–Crippen MR) is 157 cm³/mol. The molecule has 0 radical (unpaired) electrons. The van der Waals surface area contributed by atoms with Crippen LogP contribution in [-0.2, 0) is 11.2 Å². The molecule has 9 nitrogen and oxygen atoms in total. The number of halogens is 1. The number of amides is 1. The van der Waals surface area contributed by atoms with E-state index in [-0.39, 0.29) is 11.6 Å².